The summed E-state index contributed by atoms with van der Waals surface area (Å²) in [5.74, 6) is 0.0995. The number of rotatable bonds is 2. The molecule has 11 heteroatoms. The van der Waals surface area contributed by atoms with Crippen molar-refractivity contribution in [2.75, 3.05) is 19.7 Å². The van der Waals surface area contributed by atoms with Crippen LogP contribution in [0.15, 0.2) is 35.5 Å². The predicted octanol–water partition coefficient (Wildman–Crippen LogP) is 0.570. The zero-order valence-electron chi connectivity index (χ0n) is 19.2. The third kappa shape index (κ3) is 4.57. The van der Waals surface area contributed by atoms with E-state index in [0.717, 1.165) is 5.69 Å². The van der Waals surface area contributed by atoms with E-state index in [-0.39, 0.29) is 35.8 Å². The molecule has 34 heavy (non-hydrogen) atoms. The molecule has 5 rings (SSSR count). The van der Waals surface area contributed by atoms with Crippen molar-refractivity contribution in [3.05, 3.63) is 69.2 Å². The summed E-state index contributed by atoms with van der Waals surface area (Å²) in [7, 11) is 0. The molecule has 0 aliphatic carbocycles. The Morgan fingerprint density at radius 2 is 2.12 bits per heavy atom. The van der Waals surface area contributed by atoms with Crippen LogP contribution in [0.4, 0.5) is 0 Å². The van der Waals surface area contributed by atoms with E-state index < -0.39 is 0 Å². The van der Waals surface area contributed by atoms with Gasteiger partial charge in [0.1, 0.15) is 12.3 Å². The SMILES string of the molecule is Cc1c[nH]c(CN2C[C@@H]3NC(=O)c4ncccc4OCCn4cc(nn4)CO[C@H]3C2)c(C)c1=O. The molecule has 5 heterocycles. The van der Waals surface area contributed by atoms with E-state index >= 15 is 0 Å². The van der Waals surface area contributed by atoms with Crippen LogP contribution in [0.3, 0.4) is 0 Å². The second kappa shape index (κ2) is 9.35. The van der Waals surface area contributed by atoms with E-state index in [1.165, 1.54) is 0 Å². The van der Waals surface area contributed by atoms with E-state index in [4.69, 9.17) is 9.47 Å². The molecule has 2 aliphatic rings. The molecule has 0 spiro atoms. The lowest BCUT2D eigenvalue weighted by molar-refractivity contribution is 0.0292. The molecule has 2 aliphatic heterocycles. The van der Waals surface area contributed by atoms with Crippen LogP contribution in [-0.2, 0) is 24.4 Å². The number of fused-ring (bicyclic) bond motifs is 4. The van der Waals surface area contributed by atoms with Crippen molar-refractivity contribution < 1.29 is 14.3 Å². The molecule has 178 valence electrons. The maximum Gasteiger partial charge on any atom is 0.274 e. The summed E-state index contributed by atoms with van der Waals surface area (Å²) in [6.45, 7) is 6.40. The largest absolute Gasteiger partial charge is 0.489 e. The van der Waals surface area contributed by atoms with Crippen molar-refractivity contribution >= 4 is 5.91 Å². The van der Waals surface area contributed by atoms with Crippen LogP contribution in [0.1, 0.15) is 33.0 Å². The highest BCUT2D eigenvalue weighted by atomic mass is 16.5. The molecule has 2 N–H and O–H groups in total. The molecular formula is C23H27N7O4. The number of H-pyrrole nitrogens is 1. The molecule has 0 unspecified atom stereocenters. The highest BCUT2D eigenvalue weighted by Gasteiger charge is 2.36. The van der Waals surface area contributed by atoms with Gasteiger partial charge in [-0.2, -0.15) is 0 Å². The minimum absolute atomic E-state index is 0.0434. The smallest absolute Gasteiger partial charge is 0.274 e. The number of aromatic nitrogens is 5. The molecular weight excluding hydrogens is 438 g/mol. The molecule has 0 saturated carbocycles. The summed E-state index contributed by atoms with van der Waals surface area (Å²) < 4.78 is 13.7. The van der Waals surface area contributed by atoms with E-state index in [2.05, 4.69) is 30.5 Å². The Morgan fingerprint density at radius 3 is 3.00 bits per heavy atom. The molecule has 0 aromatic carbocycles. The van der Waals surface area contributed by atoms with Gasteiger partial charge in [-0.3, -0.25) is 14.5 Å². The fourth-order valence-corrected chi connectivity index (χ4v) is 4.35. The number of aryl methyl sites for hydroxylation is 1. The first-order chi connectivity index (χ1) is 16.5. The zero-order valence-corrected chi connectivity index (χ0v) is 19.2. The number of ether oxygens (including phenoxy) is 2. The van der Waals surface area contributed by atoms with Crippen LogP contribution in [0.5, 0.6) is 5.75 Å². The van der Waals surface area contributed by atoms with Gasteiger partial charge in [0, 0.05) is 48.8 Å². The molecule has 1 fully saturated rings. The predicted molar refractivity (Wildman–Crippen MR) is 121 cm³/mol. The molecule has 0 radical (unpaired) electrons. The highest BCUT2D eigenvalue weighted by molar-refractivity contribution is 5.95. The lowest BCUT2D eigenvalue weighted by atomic mass is 10.1. The first kappa shape index (κ1) is 22.2. The van der Waals surface area contributed by atoms with Gasteiger partial charge < -0.3 is 19.8 Å². The second-order valence-corrected chi connectivity index (χ2v) is 8.70. The van der Waals surface area contributed by atoms with Crippen LogP contribution in [0, 0.1) is 13.8 Å². The topological polar surface area (TPSA) is 127 Å². The Morgan fingerprint density at radius 1 is 1.24 bits per heavy atom. The van der Waals surface area contributed by atoms with Gasteiger partial charge in [0.15, 0.2) is 16.9 Å². The first-order valence-electron chi connectivity index (χ1n) is 11.3. The van der Waals surface area contributed by atoms with Crippen LogP contribution in [-0.4, -0.2) is 67.6 Å². The minimum Gasteiger partial charge on any atom is -0.489 e. The molecule has 2 bridgehead atoms. The van der Waals surface area contributed by atoms with E-state index in [9.17, 15) is 9.59 Å². The Balaban J connectivity index is 1.40. The normalized spacial score (nSPS) is 21.2. The van der Waals surface area contributed by atoms with Crippen molar-refractivity contribution in [1.82, 2.24) is 35.2 Å². The van der Waals surface area contributed by atoms with Crippen molar-refractivity contribution in [2.24, 2.45) is 0 Å². The van der Waals surface area contributed by atoms with Crippen molar-refractivity contribution in [3.63, 3.8) is 0 Å². The molecule has 2 atom stereocenters. The van der Waals surface area contributed by atoms with Gasteiger partial charge in [0.05, 0.1) is 31.5 Å². The number of hydrogen-bond donors (Lipinski definition) is 2. The summed E-state index contributed by atoms with van der Waals surface area (Å²) in [6.07, 6.45) is 4.86. The molecule has 1 saturated heterocycles. The van der Waals surface area contributed by atoms with Gasteiger partial charge >= 0.3 is 0 Å². The van der Waals surface area contributed by atoms with E-state index in [1.54, 1.807) is 36.1 Å². The summed E-state index contributed by atoms with van der Waals surface area (Å²) in [6, 6.07) is 3.18. The molecule has 11 nitrogen and oxygen atoms in total. The van der Waals surface area contributed by atoms with E-state index in [1.807, 2.05) is 13.1 Å². The third-order valence-corrected chi connectivity index (χ3v) is 6.25. The quantitative estimate of drug-likeness (QED) is 0.562. The van der Waals surface area contributed by atoms with Crippen LogP contribution in [0.2, 0.25) is 0 Å². The maximum atomic E-state index is 13.1. The summed E-state index contributed by atoms with van der Waals surface area (Å²) in [4.78, 5) is 35.1. The number of hydrogen-bond acceptors (Lipinski definition) is 8. The Kier molecular flexibility index (Phi) is 6.12. The average Bonchev–Trinajstić information content (AvgIpc) is 3.44. The number of carbonyl (C=O) groups excluding carboxylic acids is 1. The number of pyridine rings is 2. The fourth-order valence-electron chi connectivity index (χ4n) is 4.35. The van der Waals surface area contributed by atoms with E-state index in [0.29, 0.717) is 55.4 Å². The molecule has 1 amide bonds. The standard InChI is InChI=1S/C23H27N7O4/c1-14-8-25-17(15(2)22(14)31)10-29-11-18-20(12-29)34-13-16-9-30(28-27-16)6-7-33-19-4-3-5-24-21(19)23(32)26-18/h3-5,8-9,18,20H,6-7,10-13H2,1-2H3,(H,25,31)(H,26,32)/t18-,20-/m0/s1. The third-order valence-electron chi connectivity index (χ3n) is 6.25. The lowest BCUT2D eigenvalue weighted by Crippen LogP contribution is -2.44. The monoisotopic (exact) mass is 465 g/mol. The first-order valence-corrected chi connectivity index (χ1v) is 11.3. The van der Waals surface area contributed by atoms with Crippen molar-refractivity contribution in [3.8, 4) is 5.75 Å². The van der Waals surface area contributed by atoms with Crippen LogP contribution >= 0.6 is 0 Å². The Bertz CT molecular complexity index is 1250. The van der Waals surface area contributed by atoms with Gasteiger partial charge in [-0.15, -0.1) is 5.10 Å². The Hall–Kier alpha value is -3.57. The van der Waals surface area contributed by atoms with Crippen LogP contribution < -0.4 is 15.5 Å². The second-order valence-electron chi connectivity index (χ2n) is 8.70. The average molecular weight is 466 g/mol. The van der Waals surface area contributed by atoms with Gasteiger partial charge in [0.2, 0.25) is 0 Å². The van der Waals surface area contributed by atoms with Crippen molar-refractivity contribution in [2.45, 2.75) is 45.7 Å². The number of amides is 1. The zero-order chi connectivity index (χ0) is 23.7. The van der Waals surface area contributed by atoms with Crippen molar-refractivity contribution in [1.29, 1.82) is 0 Å². The summed E-state index contributed by atoms with van der Waals surface area (Å²) >= 11 is 0. The van der Waals surface area contributed by atoms with Gasteiger partial charge in [-0.25, -0.2) is 9.67 Å². The number of likely N-dealkylation sites (tertiary alicyclic amines) is 1. The lowest BCUT2D eigenvalue weighted by Gasteiger charge is -2.20. The molecule has 3 aromatic heterocycles. The fraction of sp³-hybridized carbons (Fsp3) is 0.435. The maximum absolute atomic E-state index is 13.1. The van der Waals surface area contributed by atoms with Gasteiger partial charge in [-0.1, -0.05) is 5.21 Å². The highest BCUT2D eigenvalue weighted by Crippen LogP contribution is 2.21. The number of nitrogens with zero attached hydrogens (tertiary/aromatic N) is 5. The molecule has 3 aromatic rings. The van der Waals surface area contributed by atoms with Gasteiger partial charge in [-0.05, 0) is 26.0 Å². The Labute approximate surface area is 196 Å². The minimum atomic E-state index is -0.315. The van der Waals surface area contributed by atoms with Gasteiger partial charge in [0.25, 0.3) is 5.91 Å². The van der Waals surface area contributed by atoms with Crippen LogP contribution in [0.25, 0.3) is 0 Å². The summed E-state index contributed by atoms with van der Waals surface area (Å²) in [5.41, 5.74) is 3.23. The summed E-state index contributed by atoms with van der Waals surface area (Å²) in [5, 5.41) is 11.4. The number of carbonyl (C=O) groups is 1. The number of nitrogens with one attached hydrogen (secondary N) is 2. The number of aromatic amines is 1.